The molecule has 72 valence electrons. The molecule has 0 fully saturated rings. The summed E-state index contributed by atoms with van der Waals surface area (Å²) in [6.07, 6.45) is 2.87. The lowest BCUT2D eigenvalue weighted by molar-refractivity contribution is 0.905. The largest absolute Gasteiger partial charge is 0.250 e. The first-order valence-electron chi connectivity index (χ1n) is 4.38. The molecule has 0 aliphatic heterocycles. The molecule has 0 radical (unpaired) electrons. The molecule has 0 spiro atoms. The molecule has 0 aliphatic rings. The minimum absolute atomic E-state index is 0.547. The van der Waals surface area contributed by atoms with Crippen LogP contribution in [0.3, 0.4) is 0 Å². The summed E-state index contributed by atoms with van der Waals surface area (Å²) in [4.78, 5) is 4.32. The van der Waals surface area contributed by atoms with Gasteiger partial charge in [-0.1, -0.05) is 13.0 Å². The molecule has 13 heavy (non-hydrogen) atoms. The van der Waals surface area contributed by atoms with E-state index >= 15 is 0 Å². The molecular formula is C10H14ClNS. The van der Waals surface area contributed by atoms with E-state index < -0.39 is 0 Å². The Bertz CT molecular complexity index is 265. The first kappa shape index (κ1) is 10.9. The van der Waals surface area contributed by atoms with Crippen LogP contribution < -0.4 is 0 Å². The van der Waals surface area contributed by atoms with E-state index in [4.69, 9.17) is 11.6 Å². The van der Waals surface area contributed by atoms with Gasteiger partial charge in [0.15, 0.2) is 0 Å². The summed E-state index contributed by atoms with van der Waals surface area (Å²) in [6, 6.07) is 4.05. The third-order valence-corrected chi connectivity index (χ3v) is 3.30. The second-order valence-corrected chi connectivity index (χ2v) is 4.84. The highest BCUT2D eigenvalue weighted by Gasteiger charge is 2.06. The zero-order valence-corrected chi connectivity index (χ0v) is 9.53. The zero-order chi connectivity index (χ0) is 9.68. The average molecular weight is 216 g/mol. The zero-order valence-electron chi connectivity index (χ0n) is 7.96. The number of hydrogen-bond donors (Lipinski definition) is 0. The lowest BCUT2D eigenvalue weighted by Crippen LogP contribution is -1.98. The molecule has 1 nitrogen and oxygen atoms in total. The monoisotopic (exact) mass is 215 g/mol. The summed E-state index contributed by atoms with van der Waals surface area (Å²) in [6.45, 7) is 4.27. The van der Waals surface area contributed by atoms with Crippen LogP contribution in [0.25, 0.3) is 0 Å². The maximum Gasteiger partial charge on any atom is 0.0991 e. The van der Waals surface area contributed by atoms with Gasteiger partial charge in [-0.2, -0.15) is 0 Å². The van der Waals surface area contributed by atoms with Crippen LogP contribution in [0.15, 0.2) is 23.4 Å². The first-order chi connectivity index (χ1) is 6.24. The summed E-state index contributed by atoms with van der Waals surface area (Å²) in [7, 11) is 0. The van der Waals surface area contributed by atoms with Gasteiger partial charge in [0.1, 0.15) is 0 Å². The van der Waals surface area contributed by atoms with Gasteiger partial charge in [0.25, 0.3) is 0 Å². The lowest BCUT2D eigenvalue weighted by Gasteiger charge is -2.09. The van der Waals surface area contributed by atoms with Gasteiger partial charge in [-0.05, 0) is 25.0 Å². The molecule has 0 saturated heterocycles. The van der Waals surface area contributed by atoms with Crippen molar-refractivity contribution in [3.8, 4) is 0 Å². The van der Waals surface area contributed by atoms with E-state index in [2.05, 4.69) is 24.9 Å². The molecule has 1 heterocycles. The number of aryl methyl sites for hydroxylation is 1. The van der Waals surface area contributed by atoms with Crippen molar-refractivity contribution in [1.29, 1.82) is 0 Å². The Morgan fingerprint density at radius 1 is 1.62 bits per heavy atom. The number of pyridine rings is 1. The van der Waals surface area contributed by atoms with E-state index in [-0.39, 0.29) is 0 Å². The molecule has 1 aromatic rings. The van der Waals surface area contributed by atoms with Crippen molar-refractivity contribution in [3.05, 3.63) is 23.9 Å². The van der Waals surface area contributed by atoms with Gasteiger partial charge in [0.2, 0.25) is 0 Å². The lowest BCUT2D eigenvalue weighted by atomic mass is 10.3. The second-order valence-electron chi connectivity index (χ2n) is 3.03. The van der Waals surface area contributed by atoms with Gasteiger partial charge in [-0.25, -0.2) is 4.98 Å². The Morgan fingerprint density at radius 2 is 2.38 bits per heavy atom. The second kappa shape index (κ2) is 5.51. The Hall–Kier alpha value is -0.210. The minimum Gasteiger partial charge on any atom is -0.250 e. The minimum atomic E-state index is 0.547. The van der Waals surface area contributed by atoms with E-state index in [1.807, 2.05) is 12.3 Å². The van der Waals surface area contributed by atoms with Crippen LogP contribution in [0.4, 0.5) is 0 Å². The quantitative estimate of drug-likeness (QED) is 0.563. The summed E-state index contributed by atoms with van der Waals surface area (Å²) >= 11 is 7.47. The summed E-state index contributed by atoms with van der Waals surface area (Å²) in [5.74, 6) is 0.722. The smallest absolute Gasteiger partial charge is 0.0991 e. The van der Waals surface area contributed by atoms with Crippen LogP contribution in [-0.4, -0.2) is 16.1 Å². The molecule has 1 rings (SSSR count). The van der Waals surface area contributed by atoms with Crippen LogP contribution in [0.2, 0.25) is 0 Å². The van der Waals surface area contributed by atoms with Gasteiger partial charge in [0, 0.05) is 17.3 Å². The molecule has 1 atom stereocenters. The van der Waals surface area contributed by atoms with Gasteiger partial charge in [0.05, 0.1) is 5.03 Å². The van der Waals surface area contributed by atoms with Gasteiger partial charge in [-0.15, -0.1) is 23.4 Å². The highest BCUT2D eigenvalue weighted by Crippen LogP contribution is 2.25. The summed E-state index contributed by atoms with van der Waals surface area (Å²) in [5.41, 5.74) is 1.24. The van der Waals surface area contributed by atoms with Gasteiger partial charge >= 0.3 is 0 Å². The molecule has 3 heteroatoms. The maximum atomic E-state index is 5.67. The highest BCUT2D eigenvalue weighted by atomic mass is 35.5. The van der Waals surface area contributed by atoms with Gasteiger partial charge in [-0.3, -0.25) is 0 Å². The Kier molecular flexibility index (Phi) is 4.60. The Morgan fingerprint density at radius 3 is 3.00 bits per heavy atom. The van der Waals surface area contributed by atoms with Gasteiger partial charge < -0.3 is 0 Å². The number of alkyl halides is 1. The summed E-state index contributed by atoms with van der Waals surface area (Å²) < 4.78 is 0. The number of thioether (sulfide) groups is 1. The van der Waals surface area contributed by atoms with E-state index in [0.717, 1.165) is 17.3 Å². The third-order valence-electron chi connectivity index (χ3n) is 1.79. The van der Waals surface area contributed by atoms with Crippen LogP contribution in [0.5, 0.6) is 0 Å². The number of rotatable bonds is 4. The van der Waals surface area contributed by atoms with Crippen molar-refractivity contribution in [2.75, 3.05) is 5.88 Å². The third kappa shape index (κ3) is 3.57. The number of halogens is 1. The number of nitrogens with zero attached hydrogens (tertiary/aromatic N) is 1. The van der Waals surface area contributed by atoms with E-state index in [1.54, 1.807) is 11.8 Å². The van der Waals surface area contributed by atoms with Crippen molar-refractivity contribution >= 4 is 23.4 Å². The van der Waals surface area contributed by atoms with Crippen molar-refractivity contribution in [2.45, 2.75) is 30.5 Å². The Balaban J connectivity index is 2.58. The fourth-order valence-electron chi connectivity index (χ4n) is 0.998. The van der Waals surface area contributed by atoms with Crippen molar-refractivity contribution in [2.24, 2.45) is 0 Å². The maximum absolute atomic E-state index is 5.67. The van der Waals surface area contributed by atoms with Crippen LogP contribution >= 0.6 is 23.4 Å². The van der Waals surface area contributed by atoms with Crippen molar-refractivity contribution in [1.82, 2.24) is 4.98 Å². The summed E-state index contributed by atoms with van der Waals surface area (Å²) in [5, 5.41) is 1.67. The normalized spacial score (nSPS) is 12.8. The fourth-order valence-corrected chi connectivity index (χ4v) is 2.45. The molecule has 0 aromatic carbocycles. The highest BCUT2D eigenvalue weighted by molar-refractivity contribution is 7.99. The van der Waals surface area contributed by atoms with Crippen molar-refractivity contribution in [3.63, 3.8) is 0 Å². The molecule has 0 N–H and O–H groups in total. The van der Waals surface area contributed by atoms with E-state index in [9.17, 15) is 0 Å². The van der Waals surface area contributed by atoms with Crippen molar-refractivity contribution < 1.29 is 0 Å². The predicted octanol–water partition coefficient (Wildman–Crippen LogP) is 3.50. The fraction of sp³-hybridized carbons (Fsp3) is 0.500. The molecule has 0 amide bonds. The van der Waals surface area contributed by atoms with E-state index in [1.165, 1.54) is 5.56 Å². The molecule has 0 bridgehead atoms. The number of aromatic nitrogens is 1. The van der Waals surface area contributed by atoms with Crippen LogP contribution in [-0.2, 0) is 0 Å². The average Bonchev–Trinajstić information content (AvgIpc) is 2.09. The van der Waals surface area contributed by atoms with E-state index in [0.29, 0.717) is 5.25 Å². The molecule has 0 saturated carbocycles. The predicted molar refractivity (Wildman–Crippen MR) is 59.6 cm³/mol. The Labute approximate surface area is 88.9 Å². The first-order valence-corrected chi connectivity index (χ1v) is 5.79. The van der Waals surface area contributed by atoms with Crippen LogP contribution in [0.1, 0.15) is 18.9 Å². The molecule has 1 aromatic heterocycles. The van der Waals surface area contributed by atoms with Crippen LogP contribution in [0, 0.1) is 6.92 Å². The number of hydrogen-bond acceptors (Lipinski definition) is 2. The molecule has 0 aliphatic carbocycles. The SMILES string of the molecule is Cc1cccnc1SC(C)CCCl. The molecule has 1 unspecified atom stereocenters. The molecular weight excluding hydrogens is 202 g/mol. The standard InChI is InChI=1S/C10H14ClNS/c1-8-4-3-7-12-10(8)13-9(2)5-6-11/h3-4,7,9H,5-6H2,1-2H3. The topological polar surface area (TPSA) is 12.9 Å².